The quantitative estimate of drug-likeness (QED) is 0.577. The van der Waals surface area contributed by atoms with Crippen LogP contribution in [0.2, 0.25) is 0 Å². The average molecular weight is 305 g/mol. The highest BCUT2D eigenvalue weighted by atomic mass is 16.5. The third kappa shape index (κ3) is 2.38. The van der Waals surface area contributed by atoms with Gasteiger partial charge in [-0.1, -0.05) is 11.2 Å². The number of hydrogen-bond donors (Lipinski definition) is 0. The number of imidazole rings is 1. The summed E-state index contributed by atoms with van der Waals surface area (Å²) in [5, 5.41) is 4.00. The second-order valence-corrected chi connectivity index (χ2v) is 5.59. The third-order valence-electron chi connectivity index (χ3n) is 3.70. The van der Waals surface area contributed by atoms with Crippen molar-refractivity contribution in [3.05, 3.63) is 48.9 Å². The summed E-state index contributed by atoms with van der Waals surface area (Å²) in [5.41, 5.74) is 3.54. The van der Waals surface area contributed by atoms with Crippen LogP contribution >= 0.6 is 0 Å². The van der Waals surface area contributed by atoms with Crippen molar-refractivity contribution in [1.82, 2.24) is 24.7 Å². The molecule has 0 spiro atoms. The second kappa shape index (κ2) is 5.31. The molecular weight excluding hydrogens is 290 g/mol. The van der Waals surface area contributed by atoms with Crippen molar-refractivity contribution >= 4 is 11.0 Å². The van der Waals surface area contributed by atoms with Gasteiger partial charge < -0.3 is 9.09 Å². The highest BCUT2D eigenvalue weighted by molar-refractivity contribution is 5.80. The number of aromatic nitrogens is 5. The number of pyridine rings is 1. The predicted octanol–water partition coefficient (Wildman–Crippen LogP) is 3.73. The van der Waals surface area contributed by atoms with Gasteiger partial charge in [0, 0.05) is 17.8 Å². The fraction of sp³-hybridized carbons (Fsp3) is 0.176. The molecule has 0 radical (unpaired) electrons. The number of benzene rings is 1. The van der Waals surface area contributed by atoms with Crippen LogP contribution in [0.5, 0.6) is 0 Å². The molecule has 0 N–H and O–H groups in total. The van der Waals surface area contributed by atoms with E-state index < -0.39 is 0 Å². The normalized spacial score (nSPS) is 11.4. The molecule has 0 amide bonds. The molecular formula is C17H15N5O. The van der Waals surface area contributed by atoms with Gasteiger partial charge in [0.25, 0.3) is 5.89 Å². The van der Waals surface area contributed by atoms with E-state index in [1.54, 1.807) is 6.20 Å². The molecule has 0 atom stereocenters. The van der Waals surface area contributed by atoms with Crippen molar-refractivity contribution < 1.29 is 4.52 Å². The minimum atomic E-state index is 0.366. The van der Waals surface area contributed by atoms with Crippen molar-refractivity contribution in [2.45, 2.75) is 19.9 Å². The Morgan fingerprint density at radius 1 is 1.09 bits per heavy atom. The zero-order valence-electron chi connectivity index (χ0n) is 12.8. The summed E-state index contributed by atoms with van der Waals surface area (Å²) in [5.74, 6) is 0.944. The Labute approximate surface area is 132 Å². The fourth-order valence-corrected chi connectivity index (χ4v) is 2.52. The zero-order valence-corrected chi connectivity index (χ0v) is 12.8. The lowest BCUT2D eigenvalue weighted by atomic mass is 10.2. The summed E-state index contributed by atoms with van der Waals surface area (Å²) in [7, 11) is 0. The van der Waals surface area contributed by atoms with Crippen LogP contribution in [0.1, 0.15) is 19.9 Å². The average Bonchev–Trinajstić information content (AvgIpc) is 3.22. The van der Waals surface area contributed by atoms with Gasteiger partial charge in [-0.15, -0.1) is 0 Å². The molecule has 0 aliphatic heterocycles. The van der Waals surface area contributed by atoms with Gasteiger partial charge in [0.15, 0.2) is 0 Å². The molecule has 0 aliphatic rings. The van der Waals surface area contributed by atoms with Crippen LogP contribution in [-0.4, -0.2) is 24.7 Å². The van der Waals surface area contributed by atoms with E-state index in [9.17, 15) is 0 Å². The minimum absolute atomic E-state index is 0.366. The molecule has 23 heavy (non-hydrogen) atoms. The first kappa shape index (κ1) is 13.6. The standard InChI is InChI=1S/C17H15N5O/c1-11(2)22-10-19-14-9-12(6-7-15(14)22)17-20-16(21-23-17)13-5-3-4-8-18-13/h3-11H,1-2H3. The largest absolute Gasteiger partial charge is 0.334 e. The van der Waals surface area contributed by atoms with Crippen LogP contribution in [-0.2, 0) is 0 Å². The topological polar surface area (TPSA) is 69.6 Å². The van der Waals surface area contributed by atoms with Crippen molar-refractivity contribution in [2.24, 2.45) is 0 Å². The molecule has 4 aromatic rings. The van der Waals surface area contributed by atoms with Gasteiger partial charge in [-0.25, -0.2) is 4.98 Å². The lowest BCUT2D eigenvalue weighted by molar-refractivity contribution is 0.432. The van der Waals surface area contributed by atoms with Gasteiger partial charge in [0.1, 0.15) is 5.69 Å². The van der Waals surface area contributed by atoms with E-state index >= 15 is 0 Å². The summed E-state index contributed by atoms with van der Waals surface area (Å²) in [6, 6.07) is 11.9. The molecule has 6 nitrogen and oxygen atoms in total. The number of hydrogen-bond acceptors (Lipinski definition) is 5. The SMILES string of the molecule is CC(C)n1cnc2cc(-c3nc(-c4ccccn4)no3)ccc21. The van der Waals surface area contributed by atoms with Crippen LogP contribution in [0, 0.1) is 0 Å². The Bertz CT molecular complexity index is 955. The predicted molar refractivity (Wildman–Crippen MR) is 86.6 cm³/mol. The Morgan fingerprint density at radius 3 is 2.78 bits per heavy atom. The molecule has 0 unspecified atom stereocenters. The third-order valence-corrected chi connectivity index (χ3v) is 3.70. The van der Waals surface area contributed by atoms with Gasteiger partial charge >= 0.3 is 0 Å². The monoisotopic (exact) mass is 305 g/mol. The lowest BCUT2D eigenvalue weighted by Gasteiger charge is -2.07. The molecule has 114 valence electrons. The molecule has 0 bridgehead atoms. The van der Waals surface area contributed by atoms with Gasteiger partial charge in [-0.05, 0) is 44.2 Å². The molecule has 0 aliphatic carbocycles. The van der Waals surface area contributed by atoms with Crippen molar-refractivity contribution in [3.63, 3.8) is 0 Å². The molecule has 4 rings (SSSR count). The molecule has 0 saturated carbocycles. The maximum Gasteiger partial charge on any atom is 0.258 e. The van der Waals surface area contributed by atoms with Crippen LogP contribution < -0.4 is 0 Å². The van der Waals surface area contributed by atoms with Gasteiger partial charge in [-0.3, -0.25) is 4.98 Å². The maximum absolute atomic E-state index is 5.37. The molecule has 3 aromatic heterocycles. The molecule has 3 heterocycles. The summed E-state index contributed by atoms with van der Waals surface area (Å²) in [6.45, 7) is 4.26. The number of fused-ring (bicyclic) bond motifs is 1. The van der Waals surface area contributed by atoms with E-state index in [2.05, 4.69) is 38.5 Å². The van der Waals surface area contributed by atoms with Crippen molar-refractivity contribution in [2.75, 3.05) is 0 Å². The van der Waals surface area contributed by atoms with Gasteiger partial charge in [-0.2, -0.15) is 4.98 Å². The number of rotatable bonds is 3. The van der Waals surface area contributed by atoms with E-state index in [0.29, 0.717) is 23.5 Å². The summed E-state index contributed by atoms with van der Waals surface area (Å²) < 4.78 is 7.50. The second-order valence-electron chi connectivity index (χ2n) is 5.59. The Morgan fingerprint density at radius 2 is 2.00 bits per heavy atom. The molecule has 1 aromatic carbocycles. The van der Waals surface area contributed by atoms with Crippen LogP contribution in [0.25, 0.3) is 34.0 Å². The van der Waals surface area contributed by atoms with Gasteiger partial charge in [0.05, 0.1) is 17.4 Å². The van der Waals surface area contributed by atoms with Crippen LogP contribution in [0.3, 0.4) is 0 Å². The van der Waals surface area contributed by atoms with Gasteiger partial charge in [0.2, 0.25) is 5.82 Å². The van der Waals surface area contributed by atoms with Crippen molar-refractivity contribution in [1.29, 1.82) is 0 Å². The van der Waals surface area contributed by atoms with Crippen molar-refractivity contribution in [3.8, 4) is 23.0 Å². The molecule has 6 heteroatoms. The first-order chi connectivity index (χ1) is 11.2. The molecule has 0 saturated heterocycles. The minimum Gasteiger partial charge on any atom is -0.334 e. The number of nitrogens with zero attached hydrogens (tertiary/aromatic N) is 5. The first-order valence-electron chi connectivity index (χ1n) is 7.44. The zero-order chi connectivity index (χ0) is 15.8. The fourth-order valence-electron chi connectivity index (χ4n) is 2.52. The highest BCUT2D eigenvalue weighted by Crippen LogP contribution is 2.25. The summed E-state index contributed by atoms with van der Waals surface area (Å²) >= 11 is 0. The Hall–Kier alpha value is -3.02. The van der Waals surface area contributed by atoms with E-state index in [0.717, 1.165) is 16.6 Å². The van der Waals surface area contributed by atoms with E-state index in [1.807, 2.05) is 42.7 Å². The first-order valence-corrected chi connectivity index (χ1v) is 7.44. The maximum atomic E-state index is 5.37. The Balaban J connectivity index is 1.74. The molecule has 0 fully saturated rings. The van der Waals surface area contributed by atoms with E-state index in [4.69, 9.17) is 4.52 Å². The van der Waals surface area contributed by atoms with E-state index in [1.165, 1.54) is 0 Å². The smallest absolute Gasteiger partial charge is 0.258 e. The highest BCUT2D eigenvalue weighted by Gasteiger charge is 2.13. The van der Waals surface area contributed by atoms with E-state index in [-0.39, 0.29) is 0 Å². The summed E-state index contributed by atoms with van der Waals surface area (Å²) in [4.78, 5) is 13.1. The lowest BCUT2D eigenvalue weighted by Crippen LogP contribution is -1.97. The summed E-state index contributed by atoms with van der Waals surface area (Å²) in [6.07, 6.45) is 3.56. The van der Waals surface area contributed by atoms with Crippen LogP contribution in [0.15, 0.2) is 53.4 Å². The van der Waals surface area contributed by atoms with Crippen LogP contribution in [0.4, 0.5) is 0 Å². The Kier molecular flexibility index (Phi) is 3.15.